The van der Waals surface area contributed by atoms with E-state index in [1.165, 1.54) is 4.31 Å². The number of para-hydroxylation sites is 2. The minimum atomic E-state index is -3.57. The molecule has 0 fully saturated rings. The molecule has 0 atom stereocenters. The summed E-state index contributed by atoms with van der Waals surface area (Å²) in [5, 5.41) is 3.75. The van der Waals surface area contributed by atoms with E-state index in [9.17, 15) is 8.42 Å². The van der Waals surface area contributed by atoms with Gasteiger partial charge in [0, 0.05) is 12.6 Å². The number of anilines is 2. The van der Waals surface area contributed by atoms with Crippen molar-refractivity contribution in [1.82, 2.24) is 5.16 Å². The SMILES string of the molecule is CCCN(c1ccccc1N)S(=O)(=O)Cc1cc(C)on1. The van der Waals surface area contributed by atoms with Gasteiger partial charge in [0.1, 0.15) is 17.2 Å². The summed E-state index contributed by atoms with van der Waals surface area (Å²) < 4.78 is 31.5. The lowest BCUT2D eigenvalue weighted by Crippen LogP contribution is -2.33. The molecule has 2 aromatic rings. The van der Waals surface area contributed by atoms with Gasteiger partial charge in [-0.25, -0.2) is 8.42 Å². The predicted molar refractivity (Wildman–Crippen MR) is 82.4 cm³/mol. The van der Waals surface area contributed by atoms with Crippen LogP contribution in [0.3, 0.4) is 0 Å². The second-order valence-electron chi connectivity index (χ2n) is 4.82. The molecular weight excluding hydrogens is 290 g/mol. The molecule has 0 aliphatic heterocycles. The first-order valence-corrected chi connectivity index (χ1v) is 8.32. The Balaban J connectivity index is 2.35. The number of benzene rings is 1. The average Bonchev–Trinajstić information content (AvgIpc) is 2.81. The van der Waals surface area contributed by atoms with Crippen LogP contribution in [-0.2, 0) is 15.8 Å². The van der Waals surface area contributed by atoms with Crippen molar-refractivity contribution in [3.63, 3.8) is 0 Å². The van der Waals surface area contributed by atoms with Gasteiger partial charge in [-0.1, -0.05) is 24.2 Å². The molecule has 0 bridgehead atoms. The third-order valence-corrected chi connectivity index (χ3v) is 4.69. The zero-order valence-corrected chi connectivity index (χ0v) is 12.9. The van der Waals surface area contributed by atoms with Gasteiger partial charge >= 0.3 is 0 Å². The molecular formula is C14H19N3O3S. The van der Waals surface area contributed by atoms with Crippen LogP contribution in [0.5, 0.6) is 0 Å². The van der Waals surface area contributed by atoms with E-state index < -0.39 is 10.0 Å². The molecule has 0 amide bonds. The molecule has 7 heteroatoms. The van der Waals surface area contributed by atoms with E-state index in [1.54, 1.807) is 37.3 Å². The van der Waals surface area contributed by atoms with E-state index in [1.807, 2.05) is 6.92 Å². The summed E-state index contributed by atoms with van der Waals surface area (Å²) in [6.07, 6.45) is 0.686. The summed E-state index contributed by atoms with van der Waals surface area (Å²) in [7, 11) is -3.57. The Kier molecular flexibility index (Phi) is 4.52. The second kappa shape index (κ2) is 6.17. The highest BCUT2D eigenvalue weighted by Gasteiger charge is 2.25. The number of hydrogen-bond donors (Lipinski definition) is 1. The Hall–Kier alpha value is -2.02. The van der Waals surface area contributed by atoms with E-state index in [-0.39, 0.29) is 5.75 Å². The van der Waals surface area contributed by atoms with Crippen LogP contribution in [0, 0.1) is 6.92 Å². The zero-order valence-electron chi connectivity index (χ0n) is 12.1. The number of sulfonamides is 1. The van der Waals surface area contributed by atoms with Crippen LogP contribution in [-0.4, -0.2) is 20.1 Å². The quantitative estimate of drug-likeness (QED) is 0.827. The van der Waals surface area contributed by atoms with Crippen molar-refractivity contribution in [2.45, 2.75) is 26.0 Å². The van der Waals surface area contributed by atoms with Gasteiger partial charge in [0.15, 0.2) is 0 Å². The monoisotopic (exact) mass is 309 g/mol. The van der Waals surface area contributed by atoms with Gasteiger partial charge in [0.05, 0.1) is 11.4 Å². The smallest absolute Gasteiger partial charge is 0.241 e. The molecule has 0 spiro atoms. The van der Waals surface area contributed by atoms with Crippen LogP contribution < -0.4 is 10.0 Å². The van der Waals surface area contributed by atoms with E-state index in [2.05, 4.69) is 5.16 Å². The number of nitrogen functional groups attached to an aromatic ring is 1. The molecule has 0 radical (unpaired) electrons. The van der Waals surface area contributed by atoms with Crippen LogP contribution in [0.25, 0.3) is 0 Å². The Morgan fingerprint density at radius 3 is 2.62 bits per heavy atom. The number of rotatable bonds is 6. The van der Waals surface area contributed by atoms with Crippen molar-refractivity contribution >= 4 is 21.4 Å². The summed E-state index contributed by atoms with van der Waals surface area (Å²) in [5.74, 6) is 0.375. The first-order valence-electron chi connectivity index (χ1n) is 6.71. The molecule has 2 rings (SSSR count). The number of aryl methyl sites for hydroxylation is 1. The van der Waals surface area contributed by atoms with Gasteiger partial charge in [-0.2, -0.15) is 0 Å². The fourth-order valence-corrected chi connectivity index (χ4v) is 3.67. The zero-order chi connectivity index (χ0) is 15.5. The number of hydrogen-bond acceptors (Lipinski definition) is 5. The Morgan fingerprint density at radius 2 is 2.05 bits per heavy atom. The molecule has 21 heavy (non-hydrogen) atoms. The number of nitrogens with zero attached hydrogens (tertiary/aromatic N) is 2. The fraction of sp³-hybridized carbons (Fsp3) is 0.357. The first kappa shape index (κ1) is 15.4. The summed E-state index contributed by atoms with van der Waals surface area (Å²) >= 11 is 0. The maximum Gasteiger partial charge on any atom is 0.241 e. The molecule has 1 aromatic carbocycles. The summed E-state index contributed by atoms with van der Waals surface area (Å²) in [6.45, 7) is 4.01. The third kappa shape index (κ3) is 3.55. The summed E-state index contributed by atoms with van der Waals surface area (Å²) in [4.78, 5) is 0. The van der Waals surface area contributed by atoms with Gasteiger partial charge in [-0.15, -0.1) is 0 Å². The lowest BCUT2D eigenvalue weighted by molar-refractivity contribution is 0.392. The second-order valence-corrected chi connectivity index (χ2v) is 6.71. The molecule has 0 aliphatic rings. The lowest BCUT2D eigenvalue weighted by Gasteiger charge is -2.24. The van der Waals surface area contributed by atoms with E-state index in [0.717, 1.165) is 0 Å². The number of aromatic nitrogens is 1. The van der Waals surface area contributed by atoms with Crippen molar-refractivity contribution in [2.75, 3.05) is 16.6 Å². The molecule has 0 aliphatic carbocycles. The first-order chi connectivity index (χ1) is 9.94. The molecule has 1 aromatic heterocycles. The molecule has 0 saturated heterocycles. The van der Waals surface area contributed by atoms with Gasteiger partial charge in [0.2, 0.25) is 10.0 Å². The highest BCUT2D eigenvalue weighted by molar-refractivity contribution is 7.92. The topological polar surface area (TPSA) is 89.4 Å². The van der Waals surface area contributed by atoms with Crippen molar-refractivity contribution in [1.29, 1.82) is 0 Å². The van der Waals surface area contributed by atoms with E-state index in [4.69, 9.17) is 10.3 Å². The fourth-order valence-electron chi connectivity index (χ4n) is 2.08. The van der Waals surface area contributed by atoms with Gasteiger partial charge < -0.3 is 10.3 Å². The number of nitrogens with two attached hydrogens (primary N) is 1. The highest BCUT2D eigenvalue weighted by atomic mass is 32.2. The Bertz CT molecular complexity index is 710. The minimum absolute atomic E-state index is 0.210. The maximum absolute atomic E-state index is 12.6. The normalized spacial score (nSPS) is 11.5. The average molecular weight is 309 g/mol. The molecule has 2 N–H and O–H groups in total. The molecule has 114 valence electrons. The van der Waals surface area contributed by atoms with E-state index in [0.29, 0.717) is 35.8 Å². The van der Waals surface area contributed by atoms with Gasteiger partial charge in [-0.05, 0) is 25.5 Å². The summed E-state index contributed by atoms with van der Waals surface area (Å²) in [6, 6.07) is 8.56. The van der Waals surface area contributed by atoms with Crippen LogP contribution >= 0.6 is 0 Å². The molecule has 0 saturated carbocycles. The van der Waals surface area contributed by atoms with Crippen molar-refractivity contribution in [2.24, 2.45) is 0 Å². The Labute approximate surface area is 124 Å². The molecule has 6 nitrogen and oxygen atoms in total. The van der Waals surface area contributed by atoms with Crippen LogP contribution in [0.1, 0.15) is 24.8 Å². The molecule has 0 unspecified atom stereocenters. The standard InChI is InChI=1S/C14H19N3O3S/c1-3-8-17(14-7-5-4-6-13(14)15)21(18,19)10-12-9-11(2)20-16-12/h4-7,9H,3,8,10,15H2,1-2H3. The summed E-state index contributed by atoms with van der Waals surface area (Å²) in [5.41, 5.74) is 7.23. The largest absolute Gasteiger partial charge is 0.397 e. The maximum atomic E-state index is 12.6. The van der Waals surface area contributed by atoms with Gasteiger partial charge in [-0.3, -0.25) is 4.31 Å². The predicted octanol–water partition coefficient (Wildman–Crippen LogP) is 2.31. The van der Waals surface area contributed by atoms with E-state index >= 15 is 0 Å². The van der Waals surface area contributed by atoms with Crippen LogP contribution in [0.4, 0.5) is 11.4 Å². The van der Waals surface area contributed by atoms with Gasteiger partial charge in [0.25, 0.3) is 0 Å². The molecule has 1 heterocycles. The highest BCUT2D eigenvalue weighted by Crippen LogP contribution is 2.27. The van der Waals surface area contributed by atoms with Crippen LogP contribution in [0.15, 0.2) is 34.9 Å². The minimum Gasteiger partial charge on any atom is -0.397 e. The lowest BCUT2D eigenvalue weighted by atomic mass is 10.2. The van der Waals surface area contributed by atoms with Crippen LogP contribution in [0.2, 0.25) is 0 Å². The van der Waals surface area contributed by atoms with Crippen molar-refractivity contribution in [3.8, 4) is 0 Å². The van der Waals surface area contributed by atoms with Crippen molar-refractivity contribution in [3.05, 3.63) is 41.8 Å². The van der Waals surface area contributed by atoms with Crippen molar-refractivity contribution < 1.29 is 12.9 Å². The third-order valence-electron chi connectivity index (χ3n) is 2.97. The Morgan fingerprint density at radius 1 is 1.33 bits per heavy atom.